The number of thioether (sulfide) groups is 1. The average Bonchev–Trinajstić information content (AvgIpc) is 3.14. The zero-order valence-corrected chi connectivity index (χ0v) is 16.8. The second-order valence-electron chi connectivity index (χ2n) is 6.12. The molecular formula is C19H14FN5O2S2. The third-order valence-electron chi connectivity index (χ3n) is 3.95. The highest BCUT2D eigenvalue weighted by molar-refractivity contribution is 8.00. The lowest BCUT2D eigenvalue weighted by Crippen LogP contribution is -2.15. The Kier molecular flexibility index (Phi) is 5.36. The molecule has 0 aliphatic heterocycles. The van der Waals surface area contributed by atoms with Crippen LogP contribution in [0.5, 0.6) is 0 Å². The summed E-state index contributed by atoms with van der Waals surface area (Å²) in [5, 5.41) is 10.7. The van der Waals surface area contributed by atoms with E-state index in [-0.39, 0.29) is 16.3 Å². The van der Waals surface area contributed by atoms with Gasteiger partial charge in [0.25, 0.3) is 11.5 Å². The number of carbonyl (C=O) groups excluding carboxylic acids is 1. The summed E-state index contributed by atoms with van der Waals surface area (Å²) >= 11 is 2.52. The molecule has 0 bridgehead atoms. The van der Waals surface area contributed by atoms with Crippen molar-refractivity contribution >= 4 is 39.8 Å². The first-order valence-electron chi connectivity index (χ1n) is 8.51. The predicted octanol–water partition coefficient (Wildman–Crippen LogP) is 3.54. The van der Waals surface area contributed by atoms with Gasteiger partial charge in [0, 0.05) is 18.0 Å². The van der Waals surface area contributed by atoms with Gasteiger partial charge in [-0.05, 0) is 30.7 Å². The summed E-state index contributed by atoms with van der Waals surface area (Å²) < 4.78 is 15.8. The number of hydrogen-bond donors (Lipinski definition) is 1. The SMILES string of the molecule is Cc1ccc2nc(CSc3nnc(NC(=O)c4ccccc4F)s3)cc(=O)n2c1. The van der Waals surface area contributed by atoms with Crippen molar-refractivity contribution in [3.63, 3.8) is 0 Å². The number of aromatic nitrogens is 4. The molecule has 0 atom stereocenters. The second kappa shape index (κ2) is 8.10. The van der Waals surface area contributed by atoms with Crippen molar-refractivity contribution in [3.05, 3.63) is 81.7 Å². The van der Waals surface area contributed by atoms with Crippen LogP contribution in [0.4, 0.5) is 9.52 Å². The molecule has 4 rings (SSSR count). The van der Waals surface area contributed by atoms with E-state index in [4.69, 9.17) is 0 Å². The molecule has 4 aromatic rings. The minimum Gasteiger partial charge on any atom is -0.296 e. The molecule has 0 aliphatic rings. The maximum atomic E-state index is 13.7. The van der Waals surface area contributed by atoms with Gasteiger partial charge in [0.15, 0.2) is 4.34 Å². The highest BCUT2D eigenvalue weighted by Crippen LogP contribution is 2.28. The predicted molar refractivity (Wildman–Crippen MR) is 110 cm³/mol. The standard InChI is InChI=1S/C19H14FN5O2S2/c1-11-6-7-15-21-12(8-16(26)25(15)9-11)10-28-19-24-23-18(29-19)22-17(27)13-4-2-3-5-14(13)20/h2-9H,10H2,1H3,(H,22,23,27). The lowest BCUT2D eigenvalue weighted by atomic mass is 10.2. The Hall–Kier alpha value is -3.11. The average molecular weight is 427 g/mol. The van der Waals surface area contributed by atoms with Crippen LogP contribution in [0.15, 0.2) is 57.8 Å². The molecule has 0 unspecified atom stereocenters. The number of rotatable bonds is 5. The fourth-order valence-electron chi connectivity index (χ4n) is 2.60. The molecule has 0 spiro atoms. The third-order valence-corrected chi connectivity index (χ3v) is 5.96. The van der Waals surface area contributed by atoms with E-state index in [1.165, 1.54) is 51.8 Å². The van der Waals surface area contributed by atoms with E-state index in [9.17, 15) is 14.0 Å². The number of halogens is 1. The topological polar surface area (TPSA) is 89.2 Å². The van der Waals surface area contributed by atoms with Gasteiger partial charge in [-0.3, -0.25) is 19.3 Å². The summed E-state index contributed by atoms with van der Waals surface area (Å²) in [6, 6.07) is 10.9. The first kappa shape index (κ1) is 19.2. The van der Waals surface area contributed by atoms with E-state index in [0.717, 1.165) is 5.56 Å². The van der Waals surface area contributed by atoms with Crippen molar-refractivity contribution in [1.29, 1.82) is 0 Å². The number of fused-ring (bicyclic) bond motifs is 1. The van der Waals surface area contributed by atoms with Crippen molar-refractivity contribution in [2.75, 3.05) is 5.32 Å². The largest absolute Gasteiger partial charge is 0.296 e. The van der Waals surface area contributed by atoms with Gasteiger partial charge in [0.2, 0.25) is 5.13 Å². The van der Waals surface area contributed by atoms with Gasteiger partial charge in [-0.1, -0.05) is 41.3 Å². The summed E-state index contributed by atoms with van der Waals surface area (Å²) in [7, 11) is 0. The second-order valence-corrected chi connectivity index (χ2v) is 8.32. The number of carbonyl (C=O) groups is 1. The fraction of sp³-hybridized carbons (Fsp3) is 0.105. The van der Waals surface area contributed by atoms with Crippen molar-refractivity contribution in [2.45, 2.75) is 17.0 Å². The quantitative estimate of drug-likeness (QED) is 0.387. The van der Waals surface area contributed by atoms with Gasteiger partial charge in [0.05, 0.1) is 11.3 Å². The normalized spacial score (nSPS) is 11.0. The van der Waals surface area contributed by atoms with Crippen LogP contribution in [-0.4, -0.2) is 25.5 Å². The van der Waals surface area contributed by atoms with Gasteiger partial charge < -0.3 is 0 Å². The van der Waals surface area contributed by atoms with Crippen LogP contribution in [0.25, 0.3) is 5.65 Å². The molecule has 0 saturated heterocycles. The molecule has 29 heavy (non-hydrogen) atoms. The fourth-order valence-corrected chi connectivity index (χ4v) is 4.24. The molecule has 0 fully saturated rings. The number of amides is 1. The Labute approximate surface area is 172 Å². The van der Waals surface area contributed by atoms with E-state index >= 15 is 0 Å². The minimum atomic E-state index is -0.604. The highest BCUT2D eigenvalue weighted by atomic mass is 32.2. The van der Waals surface area contributed by atoms with E-state index in [1.54, 1.807) is 18.3 Å². The minimum absolute atomic E-state index is 0.0621. The molecule has 10 heteroatoms. The molecule has 0 aliphatic carbocycles. The third kappa shape index (κ3) is 4.33. The summed E-state index contributed by atoms with van der Waals surface area (Å²) in [4.78, 5) is 28.9. The summed E-state index contributed by atoms with van der Waals surface area (Å²) in [5.74, 6) is -0.765. The van der Waals surface area contributed by atoms with Crippen LogP contribution in [-0.2, 0) is 5.75 Å². The Morgan fingerprint density at radius 2 is 2.07 bits per heavy atom. The van der Waals surface area contributed by atoms with E-state index in [1.807, 2.05) is 13.0 Å². The zero-order valence-electron chi connectivity index (χ0n) is 15.1. The number of pyridine rings is 1. The van der Waals surface area contributed by atoms with Crippen LogP contribution in [0.1, 0.15) is 21.6 Å². The van der Waals surface area contributed by atoms with E-state index < -0.39 is 11.7 Å². The van der Waals surface area contributed by atoms with Gasteiger partial charge in [0.1, 0.15) is 11.5 Å². The first-order chi connectivity index (χ1) is 14.0. The van der Waals surface area contributed by atoms with Gasteiger partial charge >= 0.3 is 0 Å². The first-order valence-corrected chi connectivity index (χ1v) is 10.3. The molecule has 3 aromatic heterocycles. The summed E-state index contributed by atoms with van der Waals surface area (Å²) in [6.45, 7) is 1.91. The van der Waals surface area contributed by atoms with Crippen LogP contribution in [0.3, 0.4) is 0 Å². The molecular weight excluding hydrogens is 413 g/mol. The summed E-state index contributed by atoms with van der Waals surface area (Å²) in [6.07, 6.45) is 1.75. The molecule has 1 N–H and O–H groups in total. The van der Waals surface area contributed by atoms with Crippen LogP contribution in [0, 0.1) is 12.7 Å². The van der Waals surface area contributed by atoms with Gasteiger partial charge in [-0.25, -0.2) is 9.37 Å². The molecule has 1 amide bonds. The maximum Gasteiger partial charge on any atom is 0.260 e. The Morgan fingerprint density at radius 3 is 2.90 bits per heavy atom. The number of nitrogens with zero attached hydrogens (tertiary/aromatic N) is 4. The van der Waals surface area contributed by atoms with Crippen molar-refractivity contribution < 1.29 is 9.18 Å². The molecule has 0 radical (unpaired) electrons. The number of hydrogen-bond acceptors (Lipinski definition) is 7. The highest BCUT2D eigenvalue weighted by Gasteiger charge is 2.14. The Morgan fingerprint density at radius 1 is 1.24 bits per heavy atom. The number of nitrogens with one attached hydrogen (secondary N) is 1. The van der Waals surface area contributed by atoms with Gasteiger partial charge in [-0.2, -0.15) is 0 Å². The maximum absolute atomic E-state index is 13.7. The van der Waals surface area contributed by atoms with Crippen LogP contribution in [0.2, 0.25) is 0 Å². The van der Waals surface area contributed by atoms with Crippen LogP contribution < -0.4 is 10.9 Å². The monoisotopic (exact) mass is 427 g/mol. The molecule has 146 valence electrons. The Bertz CT molecular complexity index is 1270. The van der Waals surface area contributed by atoms with E-state index in [0.29, 0.717) is 21.4 Å². The summed E-state index contributed by atoms with van der Waals surface area (Å²) in [5.41, 5.74) is 1.96. The van der Waals surface area contributed by atoms with Crippen LogP contribution >= 0.6 is 23.1 Å². The zero-order chi connectivity index (χ0) is 20.4. The molecule has 0 saturated carbocycles. The lowest BCUT2D eigenvalue weighted by Gasteiger charge is -2.04. The Balaban J connectivity index is 1.44. The van der Waals surface area contributed by atoms with E-state index in [2.05, 4.69) is 20.5 Å². The lowest BCUT2D eigenvalue weighted by molar-refractivity contribution is 0.102. The number of anilines is 1. The van der Waals surface area contributed by atoms with Crippen molar-refractivity contribution in [3.8, 4) is 0 Å². The van der Waals surface area contributed by atoms with Crippen molar-refractivity contribution in [2.24, 2.45) is 0 Å². The smallest absolute Gasteiger partial charge is 0.260 e. The number of aryl methyl sites for hydroxylation is 1. The molecule has 3 heterocycles. The molecule has 1 aromatic carbocycles. The van der Waals surface area contributed by atoms with Gasteiger partial charge in [-0.15, -0.1) is 10.2 Å². The van der Waals surface area contributed by atoms with Crippen molar-refractivity contribution in [1.82, 2.24) is 19.6 Å². The molecule has 7 nitrogen and oxygen atoms in total. The number of benzene rings is 1.